The van der Waals surface area contributed by atoms with Crippen molar-refractivity contribution in [3.8, 4) is 0 Å². The largest absolute Gasteiger partial charge is 0.379 e. The van der Waals surface area contributed by atoms with Gasteiger partial charge in [0.1, 0.15) is 0 Å². The highest BCUT2D eigenvalue weighted by atomic mass is 32.2. The number of hydrogen-bond acceptors (Lipinski definition) is 7. The lowest BCUT2D eigenvalue weighted by Gasteiger charge is -2.42. The van der Waals surface area contributed by atoms with Gasteiger partial charge in [-0.3, -0.25) is 0 Å². The van der Waals surface area contributed by atoms with Gasteiger partial charge in [-0.05, 0) is 63.7 Å². The molecule has 9 heteroatoms. The quantitative estimate of drug-likeness (QED) is 0.487. The van der Waals surface area contributed by atoms with Crippen LogP contribution < -0.4 is 0 Å². The molecule has 0 saturated heterocycles. The standard InChI is InChI=1S/C26H46N2O6S/c1-17-9-12-19(13-10-17)35(29,30)28-22(20-7-6-8-24(32-3)26(20)34-5)16-21(27-28)18-11-14-23(31-2)25(15-18)33-4/h17-20,22-26H,6-16H2,1-5H3. The molecule has 7 atom stereocenters. The summed E-state index contributed by atoms with van der Waals surface area (Å²) in [6.07, 6.45) is 9.51. The maximum Gasteiger partial charge on any atom is 0.252 e. The third-order valence-electron chi connectivity index (χ3n) is 9.27. The minimum Gasteiger partial charge on any atom is -0.379 e. The van der Waals surface area contributed by atoms with E-state index in [9.17, 15) is 8.42 Å². The zero-order valence-corrected chi connectivity index (χ0v) is 23.0. The molecule has 3 saturated carbocycles. The third-order valence-corrected chi connectivity index (χ3v) is 11.5. The molecular weight excluding hydrogens is 468 g/mol. The molecule has 4 aliphatic rings. The molecule has 1 heterocycles. The number of methoxy groups -OCH3 is 4. The number of nitrogens with zero attached hydrogens (tertiary/aromatic N) is 2. The molecule has 0 aromatic carbocycles. The zero-order valence-electron chi connectivity index (χ0n) is 22.2. The van der Waals surface area contributed by atoms with Crippen molar-refractivity contribution in [1.29, 1.82) is 0 Å². The number of rotatable bonds is 8. The highest BCUT2D eigenvalue weighted by molar-refractivity contribution is 7.89. The van der Waals surface area contributed by atoms with E-state index in [4.69, 9.17) is 24.0 Å². The summed E-state index contributed by atoms with van der Waals surface area (Å²) in [4.78, 5) is 0. The van der Waals surface area contributed by atoms with Gasteiger partial charge in [-0.25, -0.2) is 8.42 Å². The van der Waals surface area contributed by atoms with Gasteiger partial charge in [0.2, 0.25) is 0 Å². The van der Waals surface area contributed by atoms with Crippen molar-refractivity contribution >= 4 is 15.7 Å². The van der Waals surface area contributed by atoms with Crippen LogP contribution in [0.25, 0.3) is 0 Å². The second kappa shape index (κ2) is 11.8. The van der Waals surface area contributed by atoms with Crippen LogP contribution in [0, 0.1) is 17.8 Å². The second-order valence-corrected chi connectivity index (χ2v) is 13.3. The van der Waals surface area contributed by atoms with Gasteiger partial charge in [0.05, 0.1) is 35.7 Å². The number of hydrazone groups is 1. The zero-order chi connectivity index (χ0) is 25.2. The van der Waals surface area contributed by atoms with Crippen molar-refractivity contribution in [2.45, 2.75) is 113 Å². The Morgan fingerprint density at radius 2 is 1.49 bits per heavy atom. The van der Waals surface area contributed by atoms with E-state index in [1.54, 1.807) is 32.9 Å². The molecule has 8 nitrogen and oxygen atoms in total. The highest BCUT2D eigenvalue weighted by Crippen LogP contribution is 2.42. The van der Waals surface area contributed by atoms with Gasteiger partial charge in [-0.2, -0.15) is 9.52 Å². The van der Waals surface area contributed by atoms with E-state index in [1.165, 1.54) is 0 Å². The Bertz CT molecular complexity index is 828. The first-order valence-corrected chi connectivity index (χ1v) is 15.1. The smallest absolute Gasteiger partial charge is 0.252 e. The third kappa shape index (κ3) is 5.59. The normalized spacial score (nSPS) is 41.1. The Morgan fingerprint density at radius 3 is 2.11 bits per heavy atom. The molecule has 4 rings (SSSR count). The molecule has 202 valence electrons. The Kier molecular flexibility index (Phi) is 9.17. The molecule has 0 aromatic rings. The van der Waals surface area contributed by atoms with Crippen molar-refractivity contribution in [3.63, 3.8) is 0 Å². The van der Waals surface area contributed by atoms with Gasteiger partial charge in [0, 0.05) is 52.4 Å². The molecule has 35 heavy (non-hydrogen) atoms. The Labute approximate surface area is 212 Å². The van der Waals surface area contributed by atoms with Crippen LogP contribution in [0.3, 0.4) is 0 Å². The SMILES string of the molecule is COC1CCC(C2=NN(S(=O)(=O)C3CCC(C)CC3)C(C3CCCC(OC)C3OC)C2)CC1OC. The van der Waals surface area contributed by atoms with Crippen molar-refractivity contribution < 1.29 is 27.4 Å². The van der Waals surface area contributed by atoms with Crippen molar-refractivity contribution in [2.24, 2.45) is 22.9 Å². The number of ether oxygens (including phenoxy) is 4. The summed E-state index contributed by atoms with van der Waals surface area (Å²) < 4.78 is 52.7. The predicted molar refractivity (Wildman–Crippen MR) is 136 cm³/mol. The topological polar surface area (TPSA) is 86.7 Å². The van der Waals surface area contributed by atoms with Crippen LogP contribution in [0.15, 0.2) is 5.10 Å². The molecule has 0 aromatic heterocycles. The molecule has 1 aliphatic heterocycles. The highest BCUT2D eigenvalue weighted by Gasteiger charge is 2.50. The summed E-state index contributed by atoms with van der Waals surface area (Å²) >= 11 is 0. The lowest BCUT2D eigenvalue weighted by Crippen LogP contribution is -2.51. The summed E-state index contributed by atoms with van der Waals surface area (Å²) in [5, 5.41) is 4.60. The minimum absolute atomic E-state index is 0.00432. The van der Waals surface area contributed by atoms with Crippen LogP contribution in [0.2, 0.25) is 0 Å². The van der Waals surface area contributed by atoms with Crippen LogP contribution in [-0.4, -0.2) is 82.7 Å². The van der Waals surface area contributed by atoms with Crippen LogP contribution in [0.1, 0.15) is 77.6 Å². The lowest BCUT2D eigenvalue weighted by atomic mass is 9.76. The maximum atomic E-state index is 14.0. The first-order chi connectivity index (χ1) is 16.8. The molecule has 3 aliphatic carbocycles. The van der Waals surface area contributed by atoms with Gasteiger partial charge in [0.25, 0.3) is 10.0 Å². The Hall–Kier alpha value is -0.740. The first-order valence-electron chi connectivity index (χ1n) is 13.6. The molecule has 0 bridgehead atoms. The van der Waals surface area contributed by atoms with E-state index >= 15 is 0 Å². The van der Waals surface area contributed by atoms with Crippen molar-refractivity contribution in [1.82, 2.24) is 4.41 Å². The summed E-state index contributed by atoms with van der Waals surface area (Å²) in [5.74, 6) is 0.865. The summed E-state index contributed by atoms with van der Waals surface area (Å²) in [5.41, 5.74) is 1.01. The number of hydrogen-bond donors (Lipinski definition) is 0. The van der Waals surface area contributed by atoms with E-state index in [-0.39, 0.29) is 47.5 Å². The van der Waals surface area contributed by atoms with Crippen LogP contribution in [0.4, 0.5) is 0 Å². The second-order valence-electron chi connectivity index (χ2n) is 11.2. The van der Waals surface area contributed by atoms with E-state index in [0.29, 0.717) is 12.3 Å². The van der Waals surface area contributed by atoms with Crippen LogP contribution >= 0.6 is 0 Å². The molecule has 0 spiro atoms. The van der Waals surface area contributed by atoms with Crippen LogP contribution in [0.5, 0.6) is 0 Å². The molecule has 0 amide bonds. The average Bonchev–Trinajstić information content (AvgIpc) is 3.34. The van der Waals surface area contributed by atoms with E-state index < -0.39 is 10.0 Å². The predicted octanol–water partition coefficient (Wildman–Crippen LogP) is 3.99. The lowest BCUT2D eigenvalue weighted by molar-refractivity contribution is -0.0984. The Balaban J connectivity index is 1.62. The molecular formula is C26H46N2O6S. The van der Waals surface area contributed by atoms with E-state index in [0.717, 1.165) is 69.9 Å². The van der Waals surface area contributed by atoms with E-state index in [2.05, 4.69) is 6.92 Å². The maximum absolute atomic E-state index is 14.0. The first kappa shape index (κ1) is 27.3. The van der Waals surface area contributed by atoms with Gasteiger partial charge < -0.3 is 18.9 Å². The van der Waals surface area contributed by atoms with Crippen molar-refractivity contribution in [3.05, 3.63) is 0 Å². The van der Waals surface area contributed by atoms with Gasteiger partial charge in [-0.15, -0.1) is 0 Å². The van der Waals surface area contributed by atoms with E-state index in [1.807, 2.05) is 0 Å². The number of sulfonamides is 1. The van der Waals surface area contributed by atoms with Gasteiger partial charge in [0.15, 0.2) is 0 Å². The fourth-order valence-corrected chi connectivity index (χ4v) is 9.09. The summed E-state index contributed by atoms with van der Waals surface area (Å²) in [6.45, 7) is 2.22. The summed E-state index contributed by atoms with van der Waals surface area (Å²) in [6, 6.07) is -0.210. The molecule has 3 fully saturated rings. The Morgan fingerprint density at radius 1 is 0.800 bits per heavy atom. The molecule has 7 unspecified atom stereocenters. The average molecular weight is 515 g/mol. The van der Waals surface area contributed by atoms with Crippen molar-refractivity contribution in [2.75, 3.05) is 28.4 Å². The summed E-state index contributed by atoms with van der Waals surface area (Å²) in [7, 11) is 3.37. The fraction of sp³-hybridized carbons (Fsp3) is 0.962. The monoisotopic (exact) mass is 514 g/mol. The molecule has 0 radical (unpaired) electrons. The minimum atomic E-state index is -3.55. The van der Waals surface area contributed by atoms with Gasteiger partial charge >= 0.3 is 0 Å². The van der Waals surface area contributed by atoms with Gasteiger partial charge in [-0.1, -0.05) is 13.3 Å². The fourth-order valence-electron chi connectivity index (χ4n) is 7.09. The molecule has 0 N–H and O–H groups in total. The van der Waals surface area contributed by atoms with Crippen LogP contribution in [-0.2, 0) is 29.0 Å².